The predicted octanol–water partition coefficient (Wildman–Crippen LogP) is -0.00210. The minimum Gasteiger partial charge on any atom is -0.388 e. The van der Waals surface area contributed by atoms with Crippen molar-refractivity contribution < 1.29 is 19.7 Å². The summed E-state index contributed by atoms with van der Waals surface area (Å²) in [5.41, 5.74) is 0.561. The Hall–Kier alpha value is -1.37. The van der Waals surface area contributed by atoms with Gasteiger partial charge in [0.05, 0.1) is 19.3 Å². The van der Waals surface area contributed by atoms with Gasteiger partial charge in [0, 0.05) is 19.8 Å². The van der Waals surface area contributed by atoms with E-state index in [1.807, 2.05) is 6.92 Å². The summed E-state index contributed by atoms with van der Waals surface area (Å²) in [4.78, 5) is 14.2. The van der Waals surface area contributed by atoms with Gasteiger partial charge in [0.1, 0.15) is 17.9 Å². The Balaban J connectivity index is 2.22. The molecule has 2 N–H and O–H groups in total. The van der Waals surface area contributed by atoms with E-state index in [1.165, 1.54) is 0 Å². The molecule has 6 nitrogen and oxygen atoms in total. The topological polar surface area (TPSA) is 74.9 Å². The third kappa shape index (κ3) is 2.87. The number of aryl methyl sites for hydroxylation is 1. The molecule has 0 bridgehead atoms. The maximum absolute atomic E-state index is 12.6. The molecule has 20 heavy (non-hydrogen) atoms. The fraction of sp³-hybridized carbons (Fsp3) is 0.643. The van der Waals surface area contributed by atoms with Crippen LogP contribution >= 0.6 is 0 Å². The largest absolute Gasteiger partial charge is 0.388 e. The van der Waals surface area contributed by atoms with Crippen LogP contribution in [-0.2, 0) is 11.8 Å². The highest BCUT2D eigenvalue weighted by Gasteiger charge is 2.37. The van der Waals surface area contributed by atoms with Gasteiger partial charge in [0.2, 0.25) is 0 Å². The van der Waals surface area contributed by atoms with Crippen molar-refractivity contribution in [1.82, 2.24) is 9.47 Å². The summed E-state index contributed by atoms with van der Waals surface area (Å²) >= 11 is 0. The maximum atomic E-state index is 12.6. The Bertz CT molecular complexity index is 460. The molecule has 0 aliphatic carbocycles. The molecule has 1 amide bonds. The molecule has 6 heteroatoms. The van der Waals surface area contributed by atoms with Crippen LogP contribution in [0.4, 0.5) is 0 Å². The number of carbonyl (C=O) groups excluding carboxylic acids is 1. The molecule has 2 heterocycles. The lowest BCUT2D eigenvalue weighted by atomic mass is 10.0. The number of hydrogen-bond donors (Lipinski definition) is 2. The first-order chi connectivity index (χ1) is 9.56. The van der Waals surface area contributed by atoms with E-state index >= 15 is 0 Å². The first-order valence-electron chi connectivity index (χ1n) is 6.92. The number of ether oxygens (including phenoxy) is 1. The smallest absolute Gasteiger partial charge is 0.270 e. The van der Waals surface area contributed by atoms with Crippen molar-refractivity contribution in [2.45, 2.75) is 31.6 Å². The number of carbonyl (C=O) groups is 1. The standard InChI is InChI=1S/C14H22N2O4/c1-3-6-16(11-8-20-9-12(17)13(11)18)14(19)10-5-4-7-15(10)2/h4-5,7,11-13,17-18H,3,6,8-9H2,1-2H3/t11-,12-,13+/m1/s1. The van der Waals surface area contributed by atoms with Crippen molar-refractivity contribution in [2.75, 3.05) is 19.8 Å². The molecule has 0 spiro atoms. The van der Waals surface area contributed by atoms with Gasteiger partial charge < -0.3 is 24.4 Å². The van der Waals surface area contributed by atoms with Crippen LogP contribution in [0, 0.1) is 0 Å². The lowest BCUT2D eigenvalue weighted by molar-refractivity contribution is -0.125. The van der Waals surface area contributed by atoms with Gasteiger partial charge in [-0.2, -0.15) is 0 Å². The highest BCUT2D eigenvalue weighted by atomic mass is 16.5. The maximum Gasteiger partial charge on any atom is 0.270 e. The van der Waals surface area contributed by atoms with Crippen LogP contribution in [0.1, 0.15) is 23.8 Å². The van der Waals surface area contributed by atoms with E-state index in [0.717, 1.165) is 6.42 Å². The quantitative estimate of drug-likeness (QED) is 0.815. The second kappa shape index (κ2) is 6.39. The summed E-state index contributed by atoms with van der Waals surface area (Å²) in [7, 11) is 1.81. The van der Waals surface area contributed by atoms with Gasteiger partial charge in [-0.25, -0.2) is 0 Å². The molecule has 0 unspecified atom stereocenters. The monoisotopic (exact) mass is 282 g/mol. The molecule has 1 saturated heterocycles. The summed E-state index contributed by atoms with van der Waals surface area (Å²) < 4.78 is 7.03. The predicted molar refractivity (Wildman–Crippen MR) is 73.4 cm³/mol. The molecular weight excluding hydrogens is 260 g/mol. The SMILES string of the molecule is CCCN(C(=O)c1cccn1C)[C@@H]1COC[C@@H](O)[C@H]1O. The fourth-order valence-electron chi connectivity index (χ4n) is 2.53. The van der Waals surface area contributed by atoms with Crippen LogP contribution in [0.5, 0.6) is 0 Å². The second-order valence-corrected chi connectivity index (χ2v) is 5.17. The molecule has 0 saturated carbocycles. The molecular formula is C14H22N2O4. The highest BCUT2D eigenvalue weighted by Crippen LogP contribution is 2.18. The van der Waals surface area contributed by atoms with Crippen molar-refractivity contribution in [3.8, 4) is 0 Å². The molecule has 1 aliphatic rings. The summed E-state index contributed by atoms with van der Waals surface area (Å²) in [6.07, 6.45) is 0.656. The molecule has 1 fully saturated rings. The van der Waals surface area contributed by atoms with Gasteiger partial charge in [0.15, 0.2) is 0 Å². The Labute approximate surface area is 118 Å². The molecule has 0 aromatic carbocycles. The van der Waals surface area contributed by atoms with Crippen LogP contribution < -0.4 is 0 Å². The molecule has 112 valence electrons. The van der Waals surface area contributed by atoms with E-state index in [2.05, 4.69) is 0 Å². The summed E-state index contributed by atoms with van der Waals surface area (Å²) in [5, 5.41) is 19.8. The molecule has 1 aliphatic heterocycles. The second-order valence-electron chi connectivity index (χ2n) is 5.17. The summed E-state index contributed by atoms with van der Waals surface area (Å²) in [5.74, 6) is -0.152. The van der Waals surface area contributed by atoms with E-state index < -0.39 is 18.2 Å². The van der Waals surface area contributed by atoms with Crippen molar-refractivity contribution in [2.24, 2.45) is 7.05 Å². The van der Waals surface area contributed by atoms with Crippen LogP contribution in [-0.4, -0.2) is 63.6 Å². The van der Waals surface area contributed by atoms with Crippen LogP contribution in [0.25, 0.3) is 0 Å². The molecule has 0 radical (unpaired) electrons. The van der Waals surface area contributed by atoms with Crippen LogP contribution in [0.2, 0.25) is 0 Å². The minimum absolute atomic E-state index is 0.107. The number of aliphatic hydroxyl groups is 2. The number of amides is 1. The van der Waals surface area contributed by atoms with Gasteiger partial charge >= 0.3 is 0 Å². The first-order valence-corrected chi connectivity index (χ1v) is 6.92. The summed E-state index contributed by atoms with van der Waals surface area (Å²) in [6, 6.07) is 3.04. The van der Waals surface area contributed by atoms with Crippen molar-refractivity contribution in [1.29, 1.82) is 0 Å². The average Bonchev–Trinajstić information content (AvgIpc) is 2.85. The number of nitrogens with zero attached hydrogens (tertiary/aromatic N) is 2. The van der Waals surface area contributed by atoms with Gasteiger partial charge in [-0.3, -0.25) is 4.79 Å². The van der Waals surface area contributed by atoms with Crippen LogP contribution in [0.3, 0.4) is 0 Å². The third-order valence-electron chi connectivity index (χ3n) is 3.65. The van der Waals surface area contributed by atoms with Crippen molar-refractivity contribution in [3.05, 3.63) is 24.0 Å². The van der Waals surface area contributed by atoms with E-state index in [0.29, 0.717) is 12.2 Å². The molecule has 2 rings (SSSR count). The normalized spacial score (nSPS) is 26.5. The molecule has 3 atom stereocenters. The Morgan fingerprint density at radius 2 is 2.25 bits per heavy atom. The first kappa shape index (κ1) is 15.0. The van der Waals surface area contributed by atoms with Gasteiger partial charge in [0.25, 0.3) is 5.91 Å². The molecule has 1 aromatic heterocycles. The zero-order valence-corrected chi connectivity index (χ0v) is 11.9. The van der Waals surface area contributed by atoms with Crippen molar-refractivity contribution in [3.63, 3.8) is 0 Å². The fourth-order valence-corrected chi connectivity index (χ4v) is 2.53. The van der Waals surface area contributed by atoms with E-state index in [4.69, 9.17) is 4.74 Å². The Kier molecular flexibility index (Phi) is 4.80. The average molecular weight is 282 g/mol. The Morgan fingerprint density at radius 3 is 2.85 bits per heavy atom. The van der Waals surface area contributed by atoms with Crippen molar-refractivity contribution >= 4 is 5.91 Å². The lowest BCUT2D eigenvalue weighted by Crippen LogP contribution is -2.57. The number of hydrogen-bond acceptors (Lipinski definition) is 4. The number of aliphatic hydroxyl groups excluding tert-OH is 2. The highest BCUT2D eigenvalue weighted by molar-refractivity contribution is 5.93. The Morgan fingerprint density at radius 1 is 1.50 bits per heavy atom. The van der Waals surface area contributed by atoms with Gasteiger partial charge in [-0.05, 0) is 18.6 Å². The summed E-state index contributed by atoms with van der Waals surface area (Å²) in [6.45, 7) is 2.84. The zero-order chi connectivity index (χ0) is 14.7. The number of rotatable bonds is 4. The van der Waals surface area contributed by atoms with Gasteiger partial charge in [-0.15, -0.1) is 0 Å². The lowest BCUT2D eigenvalue weighted by Gasteiger charge is -2.39. The minimum atomic E-state index is -0.973. The van der Waals surface area contributed by atoms with Crippen LogP contribution in [0.15, 0.2) is 18.3 Å². The number of aromatic nitrogens is 1. The van der Waals surface area contributed by atoms with Gasteiger partial charge in [-0.1, -0.05) is 6.92 Å². The van der Waals surface area contributed by atoms with E-state index in [9.17, 15) is 15.0 Å². The zero-order valence-electron chi connectivity index (χ0n) is 11.9. The van der Waals surface area contributed by atoms with E-state index in [1.54, 1.807) is 34.8 Å². The third-order valence-corrected chi connectivity index (χ3v) is 3.65. The van der Waals surface area contributed by atoms with E-state index in [-0.39, 0.29) is 19.1 Å². The molecule has 1 aromatic rings.